The quantitative estimate of drug-likeness (QED) is 0.154. The van der Waals surface area contributed by atoms with Gasteiger partial charge in [0.2, 0.25) is 0 Å². The number of hydrogen-bond acceptors (Lipinski definition) is 6. The van der Waals surface area contributed by atoms with E-state index >= 15 is 0 Å². The zero-order chi connectivity index (χ0) is 28.5. The molecule has 2 atom stereocenters. The van der Waals surface area contributed by atoms with Crippen LogP contribution in [0.15, 0.2) is 103 Å². The molecule has 40 heavy (non-hydrogen) atoms. The molecule has 1 heterocycles. The van der Waals surface area contributed by atoms with E-state index in [1.54, 1.807) is 66.9 Å². The van der Waals surface area contributed by atoms with Crippen molar-refractivity contribution < 1.29 is 41.7 Å². The fraction of sp³-hybridized carbons (Fsp3) is 0.200. The van der Waals surface area contributed by atoms with E-state index < -0.39 is 36.3 Å². The molecule has 0 radical (unpaired) electrons. The normalized spacial score (nSPS) is 12.9. The number of aliphatic hydroxyl groups excluding tert-OH is 1. The Bertz CT molecular complexity index is 1370. The summed E-state index contributed by atoms with van der Waals surface area (Å²) in [6.07, 6.45) is -7.08. The number of alkyl halides is 4. The van der Waals surface area contributed by atoms with Gasteiger partial charge in [0.1, 0.15) is 23.9 Å². The van der Waals surface area contributed by atoms with Gasteiger partial charge in [-0.15, -0.1) is 0 Å². The van der Waals surface area contributed by atoms with Crippen LogP contribution in [0.3, 0.4) is 0 Å². The fourth-order valence-corrected chi connectivity index (χ4v) is 3.86. The highest BCUT2D eigenvalue weighted by Crippen LogP contribution is 2.32. The Morgan fingerprint density at radius 2 is 1.55 bits per heavy atom. The molecule has 0 bridgehead atoms. The number of benzene rings is 3. The molecular weight excluding hydrogens is 530 g/mol. The van der Waals surface area contributed by atoms with E-state index in [2.05, 4.69) is 9.72 Å². The van der Waals surface area contributed by atoms with Crippen LogP contribution in [0.1, 0.15) is 22.8 Å². The van der Waals surface area contributed by atoms with Gasteiger partial charge >= 0.3 is 18.5 Å². The number of rotatable bonds is 12. The molecule has 0 aliphatic rings. The number of ether oxygens (including phenoxy) is 3. The van der Waals surface area contributed by atoms with Crippen LogP contribution >= 0.6 is 0 Å². The van der Waals surface area contributed by atoms with E-state index in [4.69, 9.17) is 9.47 Å². The van der Waals surface area contributed by atoms with Crippen molar-refractivity contribution >= 4 is 5.97 Å². The molecule has 0 saturated carbocycles. The van der Waals surface area contributed by atoms with E-state index in [9.17, 15) is 27.5 Å². The molecule has 208 valence electrons. The zero-order valence-corrected chi connectivity index (χ0v) is 21.0. The van der Waals surface area contributed by atoms with Crippen molar-refractivity contribution in [3.05, 3.63) is 120 Å². The average molecular weight is 556 g/mol. The fourth-order valence-electron chi connectivity index (χ4n) is 3.86. The van der Waals surface area contributed by atoms with Crippen LogP contribution in [-0.4, -0.2) is 28.6 Å². The minimum absolute atomic E-state index is 0.0510. The summed E-state index contributed by atoms with van der Waals surface area (Å²) in [7, 11) is 0. The van der Waals surface area contributed by atoms with Crippen LogP contribution in [0.5, 0.6) is 17.2 Å². The Kier molecular flexibility index (Phi) is 9.34. The van der Waals surface area contributed by atoms with Crippen molar-refractivity contribution in [2.45, 2.75) is 31.7 Å². The molecule has 10 heteroatoms. The van der Waals surface area contributed by atoms with Crippen molar-refractivity contribution in [1.29, 1.82) is 0 Å². The topological polar surface area (TPSA) is 77.9 Å². The molecule has 4 rings (SSSR count). The Morgan fingerprint density at radius 1 is 0.850 bits per heavy atom. The lowest BCUT2D eigenvalue weighted by Gasteiger charge is -2.23. The molecule has 0 aliphatic heterocycles. The average Bonchev–Trinajstić information content (AvgIpc) is 2.96. The maximum absolute atomic E-state index is 13.4. The maximum Gasteiger partial charge on any atom is 0.461 e. The third-order valence-corrected chi connectivity index (χ3v) is 5.86. The molecular formula is C30H25F4NO5. The lowest BCUT2D eigenvalue weighted by Crippen LogP contribution is -2.33. The van der Waals surface area contributed by atoms with Crippen LogP contribution < -0.4 is 9.47 Å². The summed E-state index contributed by atoms with van der Waals surface area (Å²) in [6, 6.07) is 23.8. The number of esters is 1. The second kappa shape index (κ2) is 13.1. The number of carbonyl (C=O) groups excluding carboxylic acids is 1. The largest absolute Gasteiger partial charge is 0.461 e. The molecule has 2 unspecified atom stereocenters. The minimum atomic E-state index is -4.69. The van der Waals surface area contributed by atoms with Crippen molar-refractivity contribution in [1.82, 2.24) is 4.98 Å². The molecule has 4 aromatic rings. The van der Waals surface area contributed by atoms with Gasteiger partial charge in [0, 0.05) is 6.20 Å². The van der Waals surface area contributed by atoms with E-state index in [1.807, 2.05) is 6.07 Å². The summed E-state index contributed by atoms with van der Waals surface area (Å²) in [5.41, 5.74) is 1.39. The van der Waals surface area contributed by atoms with Crippen LogP contribution in [0, 0.1) is 5.92 Å². The molecule has 1 N–H and O–H groups in total. The first kappa shape index (κ1) is 28.6. The predicted molar refractivity (Wildman–Crippen MR) is 137 cm³/mol. The number of aliphatic hydroxyl groups is 1. The first-order chi connectivity index (χ1) is 19.2. The maximum atomic E-state index is 13.4. The summed E-state index contributed by atoms with van der Waals surface area (Å²) < 4.78 is 67.4. The molecule has 6 nitrogen and oxygen atoms in total. The Labute approximate surface area is 227 Å². The molecule has 0 amide bonds. The highest BCUT2D eigenvalue weighted by molar-refractivity contribution is 5.74. The third kappa shape index (κ3) is 7.79. The van der Waals surface area contributed by atoms with Gasteiger partial charge in [0.25, 0.3) is 0 Å². The Balaban J connectivity index is 1.54. The number of pyridine rings is 1. The summed E-state index contributed by atoms with van der Waals surface area (Å²) in [5.74, 6) is -1.43. The lowest BCUT2D eigenvalue weighted by molar-refractivity contribution is -0.253. The minimum Gasteiger partial charge on any atom is -0.461 e. The van der Waals surface area contributed by atoms with Gasteiger partial charge in [-0.3, -0.25) is 9.78 Å². The van der Waals surface area contributed by atoms with E-state index in [1.165, 1.54) is 18.3 Å². The monoisotopic (exact) mass is 555 g/mol. The van der Waals surface area contributed by atoms with Crippen molar-refractivity contribution in [2.24, 2.45) is 5.92 Å². The SMILES string of the molecule is O=C(OCc1ccccc1)C(Cc1cccc(OC(F)(F)C(F)F)c1)C(O)c1ccc(Oc2cccnc2)cc1. The van der Waals surface area contributed by atoms with Gasteiger partial charge in [0.05, 0.1) is 18.2 Å². The predicted octanol–water partition coefficient (Wildman–Crippen LogP) is 6.75. The smallest absolute Gasteiger partial charge is 0.461 e. The Morgan fingerprint density at radius 3 is 2.23 bits per heavy atom. The van der Waals surface area contributed by atoms with E-state index in [0.29, 0.717) is 22.6 Å². The van der Waals surface area contributed by atoms with E-state index in [0.717, 1.165) is 17.7 Å². The van der Waals surface area contributed by atoms with Crippen molar-refractivity contribution in [3.63, 3.8) is 0 Å². The van der Waals surface area contributed by atoms with Crippen molar-refractivity contribution in [2.75, 3.05) is 0 Å². The number of nitrogens with zero attached hydrogens (tertiary/aromatic N) is 1. The van der Waals surface area contributed by atoms with Gasteiger partial charge in [0.15, 0.2) is 0 Å². The van der Waals surface area contributed by atoms with Crippen LogP contribution in [0.2, 0.25) is 0 Å². The first-order valence-electron chi connectivity index (χ1n) is 12.2. The number of aromatic nitrogens is 1. The molecule has 3 aromatic carbocycles. The summed E-state index contributed by atoms with van der Waals surface area (Å²) in [6.45, 7) is -0.0510. The van der Waals surface area contributed by atoms with E-state index in [-0.39, 0.29) is 13.0 Å². The first-order valence-corrected chi connectivity index (χ1v) is 12.2. The lowest BCUT2D eigenvalue weighted by atomic mass is 9.89. The number of halogens is 4. The standard InChI is InChI=1S/C30H25F4NO5/c31-29(32)30(33,34)40-24-9-4-8-21(16-24)17-26(28(37)38-19-20-6-2-1-3-7-20)27(36)22-11-13-23(14-12-22)39-25-10-5-15-35-18-25/h1-16,18,26-27,29,36H,17,19H2. The molecule has 0 saturated heterocycles. The zero-order valence-electron chi connectivity index (χ0n) is 21.0. The molecule has 0 fully saturated rings. The highest BCUT2D eigenvalue weighted by Gasteiger charge is 2.44. The molecule has 0 spiro atoms. The molecule has 1 aromatic heterocycles. The van der Waals surface area contributed by atoms with Crippen LogP contribution in [0.25, 0.3) is 0 Å². The van der Waals surface area contributed by atoms with Gasteiger partial charge in [-0.1, -0.05) is 54.6 Å². The second-order valence-corrected chi connectivity index (χ2v) is 8.82. The van der Waals surface area contributed by atoms with Crippen molar-refractivity contribution in [3.8, 4) is 17.2 Å². The van der Waals surface area contributed by atoms with Crippen LogP contribution in [-0.2, 0) is 22.6 Å². The molecule has 0 aliphatic carbocycles. The summed E-state index contributed by atoms with van der Waals surface area (Å²) in [5, 5.41) is 11.2. The third-order valence-electron chi connectivity index (χ3n) is 5.86. The van der Waals surface area contributed by atoms with Gasteiger partial charge in [-0.2, -0.15) is 17.6 Å². The Hall–Kier alpha value is -4.44. The summed E-state index contributed by atoms with van der Waals surface area (Å²) in [4.78, 5) is 17.2. The number of carbonyl (C=O) groups is 1. The second-order valence-electron chi connectivity index (χ2n) is 8.82. The summed E-state index contributed by atoms with van der Waals surface area (Å²) >= 11 is 0. The highest BCUT2D eigenvalue weighted by atomic mass is 19.3. The van der Waals surface area contributed by atoms with Gasteiger partial charge in [-0.25, -0.2) is 0 Å². The van der Waals surface area contributed by atoms with Crippen LogP contribution in [0.4, 0.5) is 17.6 Å². The van der Waals surface area contributed by atoms with Gasteiger partial charge in [-0.05, 0) is 59.5 Å². The van der Waals surface area contributed by atoms with Gasteiger partial charge < -0.3 is 19.3 Å². The number of hydrogen-bond donors (Lipinski definition) is 1.